The summed E-state index contributed by atoms with van der Waals surface area (Å²) in [4.78, 5) is 9.39. The highest BCUT2D eigenvalue weighted by Gasteiger charge is 2.39. The molecule has 22 heavy (non-hydrogen) atoms. The second-order valence-corrected chi connectivity index (χ2v) is 6.42. The standard InChI is InChI=1S/C20H18N2/c1-13-10-11-15-14-7-6-8-16(17-9-4-5-12-21-17)18(14)20(2,3)19(15)22-13/h4-12H,1-3H3. The van der Waals surface area contributed by atoms with E-state index in [1.807, 2.05) is 18.3 Å². The molecule has 1 aliphatic rings. The number of hydrogen-bond donors (Lipinski definition) is 0. The zero-order valence-corrected chi connectivity index (χ0v) is 13.1. The van der Waals surface area contributed by atoms with Crippen LogP contribution >= 0.6 is 0 Å². The highest BCUT2D eigenvalue weighted by Crippen LogP contribution is 2.50. The maximum atomic E-state index is 4.84. The Morgan fingerprint density at radius 3 is 2.41 bits per heavy atom. The molecule has 3 aromatic rings. The van der Waals surface area contributed by atoms with Gasteiger partial charge in [-0.05, 0) is 36.2 Å². The number of aryl methyl sites for hydroxylation is 1. The molecule has 0 aliphatic heterocycles. The van der Waals surface area contributed by atoms with Crippen LogP contribution in [0.4, 0.5) is 0 Å². The fourth-order valence-corrected chi connectivity index (χ4v) is 3.55. The van der Waals surface area contributed by atoms with Crippen LogP contribution in [0.1, 0.15) is 30.8 Å². The fraction of sp³-hybridized carbons (Fsp3) is 0.200. The second-order valence-electron chi connectivity index (χ2n) is 6.42. The maximum absolute atomic E-state index is 4.84. The molecule has 2 heteroatoms. The van der Waals surface area contributed by atoms with Gasteiger partial charge in [0.15, 0.2) is 0 Å². The summed E-state index contributed by atoms with van der Waals surface area (Å²) in [7, 11) is 0. The normalized spacial score (nSPS) is 14.5. The van der Waals surface area contributed by atoms with Gasteiger partial charge in [0.1, 0.15) is 0 Å². The summed E-state index contributed by atoms with van der Waals surface area (Å²) in [5.74, 6) is 0. The highest BCUT2D eigenvalue weighted by molar-refractivity contribution is 5.86. The van der Waals surface area contributed by atoms with E-state index in [4.69, 9.17) is 4.98 Å². The van der Waals surface area contributed by atoms with Crippen LogP contribution in [0.5, 0.6) is 0 Å². The van der Waals surface area contributed by atoms with Crippen LogP contribution in [0, 0.1) is 6.92 Å². The minimum Gasteiger partial charge on any atom is -0.257 e. The molecule has 0 unspecified atom stereocenters. The molecule has 108 valence electrons. The Morgan fingerprint density at radius 2 is 1.64 bits per heavy atom. The molecule has 0 N–H and O–H groups in total. The van der Waals surface area contributed by atoms with Crippen molar-refractivity contribution in [2.75, 3.05) is 0 Å². The summed E-state index contributed by atoms with van der Waals surface area (Å²) in [5.41, 5.74) is 8.24. The van der Waals surface area contributed by atoms with Crippen LogP contribution in [0.2, 0.25) is 0 Å². The third-order valence-corrected chi connectivity index (χ3v) is 4.55. The molecule has 0 atom stereocenters. The van der Waals surface area contributed by atoms with Gasteiger partial charge in [-0.25, -0.2) is 0 Å². The van der Waals surface area contributed by atoms with Gasteiger partial charge in [-0.2, -0.15) is 0 Å². The Kier molecular flexibility index (Phi) is 2.70. The Hall–Kier alpha value is -2.48. The first-order valence-corrected chi connectivity index (χ1v) is 7.62. The van der Waals surface area contributed by atoms with E-state index in [1.165, 1.54) is 27.9 Å². The number of nitrogens with zero attached hydrogens (tertiary/aromatic N) is 2. The molecule has 1 aliphatic carbocycles. The molecule has 0 saturated carbocycles. The van der Waals surface area contributed by atoms with Crippen molar-refractivity contribution in [3.05, 3.63) is 71.7 Å². The third kappa shape index (κ3) is 1.73. The van der Waals surface area contributed by atoms with Gasteiger partial charge in [0.2, 0.25) is 0 Å². The molecule has 2 heterocycles. The summed E-state index contributed by atoms with van der Waals surface area (Å²) in [6.07, 6.45) is 1.85. The molecule has 2 nitrogen and oxygen atoms in total. The van der Waals surface area contributed by atoms with Crippen molar-refractivity contribution in [2.24, 2.45) is 0 Å². The quantitative estimate of drug-likeness (QED) is 0.644. The molecular weight excluding hydrogens is 268 g/mol. The van der Waals surface area contributed by atoms with E-state index >= 15 is 0 Å². The van der Waals surface area contributed by atoms with E-state index in [0.717, 1.165) is 11.4 Å². The summed E-state index contributed by atoms with van der Waals surface area (Å²) in [5, 5.41) is 0. The van der Waals surface area contributed by atoms with Crippen molar-refractivity contribution in [1.29, 1.82) is 0 Å². The number of fused-ring (bicyclic) bond motifs is 3. The van der Waals surface area contributed by atoms with Gasteiger partial charge in [-0.3, -0.25) is 9.97 Å². The van der Waals surface area contributed by atoms with Crippen molar-refractivity contribution < 1.29 is 0 Å². The highest BCUT2D eigenvalue weighted by atomic mass is 14.8. The summed E-state index contributed by atoms with van der Waals surface area (Å²) >= 11 is 0. The predicted octanol–water partition coefficient (Wildman–Crippen LogP) is 4.76. The first-order chi connectivity index (χ1) is 10.6. The van der Waals surface area contributed by atoms with Crippen LogP contribution < -0.4 is 0 Å². The molecule has 1 aromatic carbocycles. The van der Waals surface area contributed by atoms with E-state index in [2.05, 4.69) is 62.2 Å². The van der Waals surface area contributed by atoms with Crippen molar-refractivity contribution in [3.63, 3.8) is 0 Å². The van der Waals surface area contributed by atoms with Crippen molar-refractivity contribution in [2.45, 2.75) is 26.2 Å². The average molecular weight is 286 g/mol. The fourth-order valence-electron chi connectivity index (χ4n) is 3.55. The molecule has 0 bridgehead atoms. The Labute approximate surface area is 130 Å². The lowest BCUT2D eigenvalue weighted by Crippen LogP contribution is -2.18. The van der Waals surface area contributed by atoms with E-state index in [1.54, 1.807) is 0 Å². The molecule has 0 fully saturated rings. The predicted molar refractivity (Wildman–Crippen MR) is 89.8 cm³/mol. The van der Waals surface area contributed by atoms with Crippen LogP contribution in [-0.2, 0) is 5.41 Å². The summed E-state index contributed by atoms with van der Waals surface area (Å²) in [6.45, 7) is 6.58. The minimum atomic E-state index is -0.106. The molecule has 2 aromatic heterocycles. The maximum Gasteiger partial charge on any atom is 0.0705 e. The lowest BCUT2D eigenvalue weighted by Gasteiger charge is -2.23. The lowest BCUT2D eigenvalue weighted by atomic mass is 9.81. The Bertz CT molecular complexity index is 864. The van der Waals surface area contributed by atoms with E-state index < -0.39 is 0 Å². The molecule has 0 radical (unpaired) electrons. The van der Waals surface area contributed by atoms with Crippen molar-refractivity contribution in [3.8, 4) is 22.4 Å². The average Bonchev–Trinajstić information content (AvgIpc) is 2.76. The van der Waals surface area contributed by atoms with Crippen LogP contribution in [0.3, 0.4) is 0 Å². The summed E-state index contributed by atoms with van der Waals surface area (Å²) in [6, 6.07) is 16.9. The SMILES string of the molecule is Cc1ccc2c(n1)C(C)(C)c1c(-c3ccccn3)cccc1-2. The van der Waals surface area contributed by atoms with Gasteiger partial charge in [0.05, 0.1) is 11.4 Å². The topological polar surface area (TPSA) is 25.8 Å². The Balaban J connectivity index is 2.05. The van der Waals surface area contributed by atoms with Crippen LogP contribution in [0.15, 0.2) is 54.7 Å². The molecular formula is C20H18N2. The smallest absolute Gasteiger partial charge is 0.0705 e. The first-order valence-electron chi connectivity index (χ1n) is 7.62. The third-order valence-electron chi connectivity index (χ3n) is 4.55. The van der Waals surface area contributed by atoms with Crippen LogP contribution in [-0.4, -0.2) is 9.97 Å². The monoisotopic (exact) mass is 286 g/mol. The Morgan fingerprint density at radius 1 is 0.818 bits per heavy atom. The van der Waals surface area contributed by atoms with Gasteiger partial charge in [-0.1, -0.05) is 44.2 Å². The van der Waals surface area contributed by atoms with E-state index in [-0.39, 0.29) is 5.41 Å². The van der Waals surface area contributed by atoms with Gasteiger partial charge in [0.25, 0.3) is 0 Å². The molecule has 4 rings (SSSR count). The molecule has 0 amide bonds. The molecule has 0 spiro atoms. The number of benzene rings is 1. The number of aromatic nitrogens is 2. The zero-order chi connectivity index (χ0) is 15.3. The second kappa shape index (κ2) is 4.51. The largest absolute Gasteiger partial charge is 0.257 e. The van der Waals surface area contributed by atoms with E-state index in [0.29, 0.717) is 0 Å². The molecule has 0 saturated heterocycles. The number of hydrogen-bond acceptors (Lipinski definition) is 2. The lowest BCUT2D eigenvalue weighted by molar-refractivity contribution is 0.636. The number of rotatable bonds is 1. The first kappa shape index (κ1) is 13.2. The van der Waals surface area contributed by atoms with Gasteiger partial charge < -0.3 is 0 Å². The van der Waals surface area contributed by atoms with Gasteiger partial charge in [0, 0.05) is 28.4 Å². The van der Waals surface area contributed by atoms with E-state index in [9.17, 15) is 0 Å². The zero-order valence-electron chi connectivity index (χ0n) is 13.1. The van der Waals surface area contributed by atoms with Crippen LogP contribution in [0.25, 0.3) is 22.4 Å². The van der Waals surface area contributed by atoms with Gasteiger partial charge in [-0.15, -0.1) is 0 Å². The van der Waals surface area contributed by atoms with Crippen molar-refractivity contribution in [1.82, 2.24) is 9.97 Å². The number of pyridine rings is 2. The van der Waals surface area contributed by atoms with Gasteiger partial charge >= 0.3 is 0 Å². The van der Waals surface area contributed by atoms with Crippen molar-refractivity contribution >= 4 is 0 Å². The summed E-state index contributed by atoms with van der Waals surface area (Å²) < 4.78 is 0. The minimum absolute atomic E-state index is 0.106.